The maximum Gasteiger partial charge on any atom is 0.643 e. The van der Waals surface area contributed by atoms with Crippen LogP contribution in [0.1, 0.15) is 26.7 Å². The standard InChI is InChI=1S/C18H18N2O3.C16H15NO5.Al.3ClH/c1-13(17-6-4-12-19-17)23-15-10-8-14(9-11-15)16-5-2-3-7-18(16)20(21)22;1-11(16(18)21-2)22-13-9-7-12(8-10-13)14-5-3-4-6-15(14)17(19)20;;;;/h2-3,5,7-11,13H,4,6,12H2,1H3;3-11H,1-2H3;;3*1H/q;;+3;;;/p-3/t13-;11-;;;;/m11..../s1. The van der Waals surface area contributed by atoms with Crippen LogP contribution in [0.3, 0.4) is 0 Å². The summed E-state index contributed by atoms with van der Waals surface area (Å²) in [5.41, 5.74) is 3.89. The van der Waals surface area contributed by atoms with Crippen LogP contribution in [0.15, 0.2) is 102 Å². The molecule has 0 aromatic heterocycles. The van der Waals surface area contributed by atoms with E-state index in [0.29, 0.717) is 22.4 Å². The number of benzene rings is 4. The number of carbonyl (C=O) groups is 1. The molecule has 0 amide bonds. The van der Waals surface area contributed by atoms with E-state index in [2.05, 4.69) is 9.73 Å². The number of hydrogen-bond donors (Lipinski definition) is 0. The van der Waals surface area contributed by atoms with Gasteiger partial charge in [-0.2, -0.15) is 0 Å². The highest BCUT2D eigenvalue weighted by Crippen LogP contribution is 2.32. The number of nitro groups is 2. The number of esters is 1. The SMILES string of the molecule is COC(=O)[C@@H](C)Oc1ccc(-c2ccccc2[N+](=O)[O-])cc1.C[C@@H](Oc1ccc(-c2ccccc2[N+](=O)[O-])cc1)C1=NCCC1.[Cl][Al]([Cl])[Cl]. The van der Waals surface area contributed by atoms with Crippen molar-refractivity contribution >= 4 is 64.6 Å². The molecule has 4 aromatic rings. The molecule has 11 nitrogen and oxygen atoms in total. The number of para-hydroxylation sites is 2. The summed E-state index contributed by atoms with van der Waals surface area (Å²) < 4.78 is 15.9. The molecule has 0 unspecified atom stereocenters. The van der Waals surface area contributed by atoms with Gasteiger partial charge in [-0.3, -0.25) is 25.2 Å². The van der Waals surface area contributed by atoms with Gasteiger partial charge < -0.3 is 14.2 Å². The van der Waals surface area contributed by atoms with E-state index < -0.39 is 28.4 Å². The summed E-state index contributed by atoms with van der Waals surface area (Å²) >= 11 is -1.72. The van der Waals surface area contributed by atoms with Gasteiger partial charge >= 0.3 is 17.4 Å². The van der Waals surface area contributed by atoms with Crippen LogP contribution in [0, 0.1) is 20.2 Å². The fourth-order valence-corrected chi connectivity index (χ4v) is 4.76. The second-order valence-electron chi connectivity index (χ2n) is 10.4. The van der Waals surface area contributed by atoms with Gasteiger partial charge in [-0.15, -0.1) is 0 Å². The number of hydrogen-bond acceptors (Lipinski definition) is 9. The van der Waals surface area contributed by atoms with Crippen molar-refractivity contribution in [3.8, 4) is 33.8 Å². The number of methoxy groups -OCH3 is 1. The van der Waals surface area contributed by atoms with Gasteiger partial charge in [0, 0.05) is 18.7 Å². The average Bonchev–Trinajstić information content (AvgIpc) is 3.64. The highest BCUT2D eigenvalue weighted by Gasteiger charge is 2.18. The smallest absolute Gasteiger partial charge is 0.485 e. The van der Waals surface area contributed by atoms with Crippen molar-refractivity contribution in [2.45, 2.75) is 38.9 Å². The average molecular weight is 745 g/mol. The Kier molecular flexibility index (Phi) is 15.8. The predicted octanol–water partition coefficient (Wildman–Crippen LogP) is 9.15. The van der Waals surface area contributed by atoms with Gasteiger partial charge in [-0.25, -0.2) is 34.9 Å². The van der Waals surface area contributed by atoms with Crippen molar-refractivity contribution in [3.63, 3.8) is 0 Å². The summed E-state index contributed by atoms with van der Waals surface area (Å²) in [7, 11) is 16.1. The topological polar surface area (TPSA) is 143 Å². The van der Waals surface area contributed by atoms with E-state index in [1.807, 2.05) is 31.2 Å². The molecule has 0 bridgehead atoms. The lowest BCUT2D eigenvalue weighted by atomic mass is 10.0. The molecule has 0 spiro atoms. The predicted molar refractivity (Wildman–Crippen MR) is 194 cm³/mol. The molecule has 15 heteroatoms. The number of aliphatic imine (C=N–C) groups is 1. The number of ether oxygens (including phenoxy) is 3. The molecular weight excluding hydrogens is 712 g/mol. The zero-order chi connectivity index (χ0) is 35.9. The van der Waals surface area contributed by atoms with Gasteiger partial charge in [0.2, 0.25) is 0 Å². The molecule has 0 radical (unpaired) electrons. The Morgan fingerprint density at radius 3 is 1.57 bits per heavy atom. The Morgan fingerprint density at radius 1 is 0.755 bits per heavy atom. The lowest BCUT2D eigenvalue weighted by Gasteiger charge is -2.15. The molecule has 2 atom stereocenters. The maximum absolute atomic E-state index is 11.3. The second kappa shape index (κ2) is 19.7. The van der Waals surface area contributed by atoms with Crippen molar-refractivity contribution in [1.29, 1.82) is 0 Å². The second-order valence-corrected chi connectivity index (χ2v) is 16.8. The number of nitrogens with zero attached hydrogens (tertiary/aromatic N) is 3. The van der Waals surface area contributed by atoms with Gasteiger partial charge in [0.15, 0.2) is 6.10 Å². The Bertz CT molecular complexity index is 1740. The van der Waals surface area contributed by atoms with Crippen molar-refractivity contribution in [1.82, 2.24) is 0 Å². The minimum absolute atomic E-state index is 0.0330. The first-order chi connectivity index (χ1) is 23.4. The number of halogens is 3. The number of rotatable bonds is 10. The Labute approximate surface area is 300 Å². The molecule has 256 valence electrons. The van der Waals surface area contributed by atoms with E-state index in [-0.39, 0.29) is 22.4 Å². The summed E-state index contributed by atoms with van der Waals surface area (Å²) in [6.45, 7) is 4.47. The van der Waals surface area contributed by atoms with Gasteiger partial charge in [-0.05, 0) is 74.2 Å². The minimum atomic E-state index is -1.72. The van der Waals surface area contributed by atoms with E-state index in [4.69, 9.17) is 39.6 Å². The lowest BCUT2D eigenvalue weighted by molar-refractivity contribution is -0.384. The van der Waals surface area contributed by atoms with E-state index in [0.717, 1.165) is 36.4 Å². The first-order valence-corrected chi connectivity index (χ1v) is 20.2. The first-order valence-electron chi connectivity index (χ1n) is 15.0. The van der Waals surface area contributed by atoms with Gasteiger partial charge in [0.25, 0.3) is 11.4 Å². The molecule has 1 aliphatic heterocycles. The molecule has 5 rings (SSSR count). The first kappa shape index (κ1) is 39.3. The summed E-state index contributed by atoms with van der Waals surface area (Å²) in [4.78, 5) is 37.1. The Balaban J connectivity index is 0.000000240. The molecule has 0 N–H and O–H groups in total. The summed E-state index contributed by atoms with van der Waals surface area (Å²) in [5.74, 6) is 0.762. The van der Waals surface area contributed by atoms with Crippen molar-refractivity contribution in [3.05, 3.63) is 117 Å². The molecule has 4 aromatic carbocycles. The van der Waals surface area contributed by atoms with Crippen molar-refractivity contribution < 1.29 is 28.9 Å². The fraction of sp³-hybridized carbons (Fsp3) is 0.235. The van der Waals surface area contributed by atoms with E-state index >= 15 is 0 Å². The molecule has 1 heterocycles. The Morgan fingerprint density at radius 2 is 1.18 bits per heavy atom. The fourth-order valence-electron chi connectivity index (χ4n) is 4.76. The van der Waals surface area contributed by atoms with E-state index in [1.54, 1.807) is 67.6 Å². The lowest BCUT2D eigenvalue weighted by Crippen LogP contribution is -2.24. The van der Waals surface area contributed by atoms with Crippen LogP contribution >= 0.6 is 30.1 Å². The van der Waals surface area contributed by atoms with Crippen LogP contribution < -0.4 is 9.47 Å². The van der Waals surface area contributed by atoms with E-state index in [1.165, 1.54) is 19.2 Å². The summed E-state index contributed by atoms with van der Waals surface area (Å²) in [6, 6.07) is 27.4. The molecule has 49 heavy (non-hydrogen) atoms. The van der Waals surface area contributed by atoms with Crippen LogP contribution in [0.2, 0.25) is 0 Å². The maximum atomic E-state index is 11.3. The monoisotopic (exact) mass is 743 g/mol. The third-order valence-corrected chi connectivity index (χ3v) is 7.07. The minimum Gasteiger partial charge on any atom is -0.485 e. The van der Waals surface area contributed by atoms with Crippen molar-refractivity contribution in [2.75, 3.05) is 13.7 Å². The van der Waals surface area contributed by atoms with Crippen LogP contribution in [-0.4, -0.2) is 58.8 Å². The highest BCUT2D eigenvalue weighted by atomic mass is 35.8. The molecule has 0 fully saturated rings. The molecule has 0 saturated carbocycles. The normalized spacial score (nSPS) is 12.8. The summed E-state index contributed by atoms with van der Waals surface area (Å²) in [5, 5.41) is 22.2. The third-order valence-electron chi connectivity index (χ3n) is 7.07. The number of carbonyl (C=O) groups excluding carboxylic acids is 1. The highest BCUT2D eigenvalue weighted by molar-refractivity contribution is 7.54. The van der Waals surface area contributed by atoms with Crippen LogP contribution in [0.4, 0.5) is 11.4 Å². The zero-order valence-corrected chi connectivity index (χ0v) is 30.3. The number of nitro benzene ring substituents is 2. The quantitative estimate of drug-likeness (QED) is 0.0677. The largest absolute Gasteiger partial charge is 0.643 e. The van der Waals surface area contributed by atoms with Crippen LogP contribution in [0.5, 0.6) is 11.5 Å². The van der Waals surface area contributed by atoms with E-state index in [9.17, 15) is 25.0 Å². The molecule has 1 aliphatic rings. The van der Waals surface area contributed by atoms with Gasteiger partial charge in [0.1, 0.15) is 17.6 Å². The van der Waals surface area contributed by atoms with Crippen molar-refractivity contribution in [2.24, 2.45) is 4.99 Å². The summed E-state index contributed by atoms with van der Waals surface area (Å²) in [6.07, 6.45) is 1.34. The van der Waals surface area contributed by atoms with Gasteiger partial charge in [-0.1, -0.05) is 48.5 Å². The van der Waals surface area contributed by atoms with Crippen LogP contribution in [-0.2, 0) is 9.53 Å². The van der Waals surface area contributed by atoms with Gasteiger partial charge in [0.05, 0.1) is 33.8 Å². The molecular formula is C34H33AlCl3N3O8. The Hall–Kier alpha value is -4.18. The molecule has 0 saturated heterocycles. The third kappa shape index (κ3) is 12.3. The molecule has 0 aliphatic carbocycles. The zero-order valence-electron chi connectivity index (χ0n) is 26.8. The van der Waals surface area contributed by atoms with Crippen LogP contribution in [0.25, 0.3) is 22.3 Å².